The van der Waals surface area contributed by atoms with Crippen molar-refractivity contribution in [1.29, 1.82) is 0 Å². The fraction of sp³-hybridized carbons (Fsp3) is 0.462. The summed E-state index contributed by atoms with van der Waals surface area (Å²) in [7, 11) is 0. The molecule has 17 heteroatoms. The van der Waals surface area contributed by atoms with E-state index in [9.17, 15) is 26.7 Å². The van der Waals surface area contributed by atoms with Crippen molar-refractivity contribution in [3.63, 3.8) is 0 Å². The number of hydrogen-bond donors (Lipinski definition) is 2. The van der Waals surface area contributed by atoms with Gasteiger partial charge >= 0.3 is 109 Å². The molecule has 244 valence electrons. The number of rotatable bonds is 6. The largest absolute Gasteiger partial charge is 1.00 e. The second-order valence-electron chi connectivity index (χ2n) is 6.96. The maximum atomic E-state index is 12.5. The van der Waals surface area contributed by atoms with Crippen LogP contribution in [0.25, 0.3) is 0 Å². The zero-order chi connectivity index (χ0) is 32.1. The van der Waals surface area contributed by atoms with Crippen molar-refractivity contribution in [3.05, 3.63) is 71.3 Å². The minimum atomic E-state index is -4.25. The van der Waals surface area contributed by atoms with Gasteiger partial charge in [-0.15, -0.1) is 12.4 Å². The van der Waals surface area contributed by atoms with Crippen LogP contribution >= 0.6 is 60.2 Å². The van der Waals surface area contributed by atoms with E-state index >= 15 is 0 Å². The predicted molar refractivity (Wildman–Crippen MR) is 168 cm³/mol. The molecule has 0 saturated carbocycles. The summed E-state index contributed by atoms with van der Waals surface area (Å²) >= 11 is 8.86. The molecule has 1 atom stereocenters. The van der Waals surface area contributed by atoms with Crippen molar-refractivity contribution in [2.24, 2.45) is 5.73 Å². The fourth-order valence-electron chi connectivity index (χ4n) is 1.56. The molecule has 0 bridgehead atoms. The van der Waals surface area contributed by atoms with Crippen molar-refractivity contribution < 1.29 is 147 Å². The molecular weight excluding hydrogens is 853 g/mol. The molecule has 43 heavy (non-hydrogen) atoms. The molecule has 0 fully saturated rings. The van der Waals surface area contributed by atoms with Crippen molar-refractivity contribution >= 4 is 71.4 Å². The Kier molecular flexibility index (Phi) is 62.0. The van der Waals surface area contributed by atoms with Crippen LogP contribution in [0.1, 0.15) is 55.9 Å². The van der Waals surface area contributed by atoms with E-state index in [1.807, 2.05) is 13.8 Å². The van der Waals surface area contributed by atoms with Gasteiger partial charge in [0.2, 0.25) is 4.69 Å². The van der Waals surface area contributed by atoms with Gasteiger partial charge in [0.05, 0.1) is 5.33 Å². The van der Waals surface area contributed by atoms with E-state index < -0.39 is 18.0 Å². The van der Waals surface area contributed by atoms with E-state index in [4.69, 9.17) is 17.2 Å². The molecule has 2 aromatic carbocycles. The van der Waals surface area contributed by atoms with Crippen LogP contribution in [0.2, 0.25) is 0 Å². The minimum Gasteiger partial charge on any atom is -1.00 e. The van der Waals surface area contributed by atoms with Crippen molar-refractivity contribution in [3.8, 4) is 0 Å². The first kappa shape index (κ1) is 60.4. The molecule has 0 spiro atoms. The first-order valence-electron chi connectivity index (χ1n) is 11.6. The zero-order valence-corrected chi connectivity index (χ0v) is 36.1. The standard InChI is InChI=1S/C10H11F4N.C7H6BrF.C3H9N.C2H2Br2O.C2H6.CH2O3.CH4.ClH.2K.H/c1-7(10(12,13)14)15-6-8-2-4-9(11)5-3-8;8-5-6-1-3-7(9)4-2-6;1-3(2)4;3-1-2(4)5;1-2;2-1-4-3;;;;;/h2-5,7,15H,6H2,1H3;1-4H,5H2;3H,4H2,1-2H3;1H2;1-2H3;1,3H;1H4;1H;;;/q;;;;;;;;2*+1;-1/p-1/t7-;;;;;;;;;;/m0........../s1/i;;;;1D;;;;;;. The Morgan fingerprint density at radius 3 is 1.53 bits per heavy atom. The maximum Gasteiger partial charge on any atom is 1.00 e. The number of nitrogens with two attached hydrogens (primary N) is 1. The topological polar surface area (TPSA) is 104 Å². The third-order valence-corrected chi connectivity index (χ3v) is 5.42. The van der Waals surface area contributed by atoms with E-state index in [0.29, 0.717) is 23.8 Å². The Hall–Kier alpha value is 2.11. The third-order valence-electron chi connectivity index (χ3n) is 3.23. The molecule has 0 radical (unpaired) electrons. The summed E-state index contributed by atoms with van der Waals surface area (Å²) in [6, 6.07) is 10.5. The number of benzene rings is 2. The third kappa shape index (κ3) is 53.9. The van der Waals surface area contributed by atoms with Crippen LogP contribution in [-0.2, 0) is 26.4 Å². The van der Waals surface area contributed by atoms with Gasteiger partial charge in [-0.3, -0.25) is 9.59 Å². The van der Waals surface area contributed by atoms with E-state index in [-0.39, 0.29) is 148 Å². The average Bonchev–Trinajstić information content (AvgIpc) is 2.89. The number of carbonyl (C=O) groups is 2. The average molecular weight is 895 g/mol. The SMILES string of the molecule is C.CC(C)N.C[C@H](NCc1ccc(F)cc1)C(F)(F)F.Cl.Fc1ccc(CBr)cc1.O=C(Br)CBr.O=CO[O-].[2H]CC.[H-].[K+].[K+]. The smallest absolute Gasteiger partial charge is 1.00 e. The molecule has 0 aliphatic heterocycles. The van der Waals surface area contributed by atoms with Crippen LogP contribution in [0.4, 0.5) is 22.0 Å². The van der Waals surface area contributed by atoms with Gasteiger partial charge in [-0.1, -0.05) is 91.2 Å². The molecule has 0 amide bonds. The van der Waals surface area contributed by atoms with Crippen LogP contribution in [0.3, 0.4) is 0 Å². The summed E-state index contributed by atoms with van der Waals surface area (Å²) in [4.78, 5) is 20.9. The Morgan fingerprint density at radius 2 is 1.33 bits per heavy atom. The van der Waals surface area contributed by atoms with Gasteiger partial charge in [0, 0.05) is 13.2 Å². The number of halogens is 9. The van der Waals surface area contributed by atoms with Crippen molar-refractivity contribution in [1.82, 2.24) is 5.32 Å². The fourth-order valence-corrected chi connectivity index (χ4v) is 1.94. The van der Waals surface area contributed by atoms with Gasteiger partial charge in [0.15, 0.2) is 0 Å². The van der Waals surface area contributed by atoms with Crippen molar-refractivity contribution in [2.75, 3.05) is 5.33 Å². The molecule has 0 saturated heterocycles. The normalized spacial score (nSPS) is 9.51. The van der Waals surface area contributed by atoms with Crippen LogP contribution < -0.4 is 119 Å². The second kappa shape index (κ2) is 44.1. The summed E-state index contributed by atoms with van der Waals surface area (Å²) in [6.45, 7) is 7.12. The van der Waals surface area contributed by atoms with Gasteiger partial charge in [0.25, 0.3) is 6.47 Å². The maximum absolute atomic E-state index is 12.5. The van der Waals surface area contributed by atoms with Crippen LogP contribution in [0.15, 0.2) is 48.5 Å². The van der Waals surface area contributed by atoms with Gasteiger partial charge < -0.3 is 22.6 Å². The monoisotopic (exact) mass is 891 g/mol. The van der Waals surface area contributed by atoms with Crippen LogP contribution in [-0.4, -0.2) is 34.8 Å². The first-order valence-corrected chi connectivity index (χ1v) is 14.0. The number of hydrogen-bond acceptors (Lipinski definition) is 6. The predicted octanol–water partition coefficient (Wildman–Crippen LogP) is 1.88. The summed E-state index contributed by atoms with van der Waals surface area (Å²) in [5, 5.41) is 11.9. The Bertz CT molecular complexity index is 873. The van der Waals surface area contributed by atoms with Crippen molar-refractivity contribution in [2.45, 2.75) is 72.2 Å². The second-order valence-corrected chi connectivity index (χ2v) is 8.96. The molecular formula is C26H41Br3ClF5K2N2O4. The molecule has 6 nitrogen and oxygen atoms in total. The first-order chi connectivity index (χ1) is 18.5. The van der Waals surface area contributed by atoms with Crippen LogP contribution in [0.5, 0.6) is 0 Å². The molecule has 3 N–H and O–H groups in total. The van der Waals surface area contributed by atoms with E-state index in [1.54, 1.807) is 19.1 Å². The van der Waals surface area contributed by atoms with Crippen LogP contribution in [0, 0.1) is 11.6 Å². The Balaban J connectivity index is -0.0000000537. The number of nitrogens with one attached hydrogen (secondary N) is 1. The molecule has 0 aliphatic carbocycles. The molecule has 2 aromatic rings. The molecule has 2 rings (SSSR count). The summed E-state index contributed by atoms with van der Waals surface area (Å²) in [5.41, 5.74) is 6.82. The number of carbonyl (C=O) groups excluding carboxylic acids is 2. The van der Waals surface area contributed by atoms with Gasteiger partial charge in [-0.05, 0) is 64.3 Å². The summed E-state index contributed by atoms with van der Waals surface area (Å²) < 4.78 is 67.2. The summed E-state index contributed by atoms with van der Waals surface area (Å²) in [5.74, 6) is -0.581. The Morgan fingerprint density at radius 1 is 1.05 bits per heavy atom. The van der Waals surface area contributed by atoms with E-state index in [1.165, 1.54) is 36.4 Å². The minimum absolute atomic E-state index is 0. The zero-order valence-electron chi connectivity index (χ0n) is 26.3. The number of alkyl halides is 5. The molecule has 0 aromatic heterocycles. The van der Waals surface area contributed by atoms with E-state index in [2.05, 4.69) is 58.0 Å². The van der Waals surface area contributed by atoms with Gasteiger partial charge in [-0.25, -0.2) is 8.78 Å². The van der Waals surface area contributed by atoms with Gasteiger partial charge in [0.1, 0.15) is 17.7 Å². The quantitative estimate of drug-likeness (QED) is 0.0875. The molecule has 0 unspecified atom stereocenters. The van der Waals surface area contributed by atoms with E-state index in [0.717, 1.165) is 17.8 Å². The van der Waals surface area contributed by atoms with Gasteiger partial charge in [-0.2, -0.15) is 13.2 Å². The molecule has 0 heterocycles. The Labute approximate surface area is 372 Å². The summed E-state index contributed by atoms with van der Waals surface area (Å²) in [6.07, 6.45) is -4.25. The molecule has 0 aliphatic rings.